The molecule has 1 unspecified atom stereocenters. The molecule has 7 nitrogen and oxygen atoms in total. The Morgan fingerprint density at radius 2 is 1.88 bits per heavy atom. The number of aliphatic hydroxyl groups is 1. The Hall–Kier alpha value is -2.45. The molecule has 140 valence electrons. The predicted molar refractivity (Wildman–Crippen MR) is 105 cm³/mol. The van der Waals surface area contributed by atoms with Gasteiger partial charge in [0.05, 0.1) is 25.2 Å². The van der Waals surface area contributed by atoms with Gasteiger partial charge in [0.15, 0.2) is 17.5 Å². The fraction of sp³-hybridized carbons (Fsp3) is 0.278. The van der Waals surface area contributed by atoms with Crippen LogP contribution in [0.2, 0.25) is 0 Å². The van der Waals surface area contributed by atoms with Gasteiger partial charge in [0.2, 0.25) is 0 Å². The van der Waals surface area contributed by atoms with Gasteiger partial charge in [-0.25, -0.2) is 0 Å². The summed E-state index contributed by atoms with van der Waals surface area (Å²) in [4.78, 5) is 4.12. The number of rotatable bonds is 8. The summed E-state index contributed by atoms with van der Waals surface area (Å²) in [5.74, 6) is 2.03. The minimum atomic E-state index is -0.784. The van der Waals surface area contributed by atoms with Crippen molar-refractivity contribution < 1.29 is 19.3 Å². The highest BCUT2D eigenvalue weighted by Gasteiger charge is 2.08. The standard InChI is InChI=1S/C18H22BrN3O4/c1-24-16-8-7-12(9-17(16)25-2)22-18(20)21-10-13(23)11-26-15-6-4-3-5-14(15)19/h3-9,13,23H,10-11H2,1-2H3,(H3,20,21,22). The Balaban J connectivity index is 1.86. The van der Waals surface area contributed by atoms with E-state index < -0.39 is 6.10 Å². The van der Waals surface area contributed by atoms with E-state index in [9.17, 15) is 5.11 Å². The van der Waals surface area contributed by atoms with Gasteiger partial charge in [-0.05, 0) is 40.2 Å². The zero-order valence-electron chi connectivity index (χ0n) is 14.6. The number of aliphatic imine (C=N–C) groups is 1. The monoisotopic (exact) mass is 423 g/mol. The Kier molecular flexibility index (Phi) is 7.55. The van der Waals surface area contributed by atoms with E-state index in [1.165, 1.54) is 0 Å². The van der Waals surface area contributed by atoms with Crippen molar-refractivity contribution in [1.82, 2.24) is 0 Å². The molecule has 0 spiro atoms. The SMILES string of the molecule is COc1ccc(NC(N)=NCC(O)COc2ccccc2Br)cc1OC. The zero-order chi connectivity index (χ0) is 18.9. The zero-order valence-corrected chi connectivity index (χ0v) is 16.2. The first kappa shape index (κ1) is 19.9. The average Bonchev–Trinajstić information content (AvgIpc) is 2.65. The molecule has 0 saturated heterocycles. The number of para-hydroxylation sites is 1. The Morgan fingerprint density at radius 1 is 1.15 bits per heavy atom. The molecule has 0 radical (unpaired) electrons. The first-order valence-electron chi connectivity index (χ1n) is 7.88. The Morgan fingerprint density at radius 3 is 2.58 bits per heavy atom. The summed E-state index contributed by atoms with van der Waals surface area (Å²) in [5, 5.41) is 12.9. The molecule has 0 aromatic heterocycles. The number of aliphatic hydroxyl groups excluding tert-OH is 1. The van der Waals surface area contributed by atoms with Crippen molar-refractivity contribution in [2.24, 2.45) is 10.7 Å². The van der Waals surface area contributed by atoms with Crippen LogP contribution in [0.25, 0.3) is 0 Å². The number of guanidine groups is 1. The van der Waals surface area contributed by atoms with E-state index >= 15 is 0 Å². The van der Waals surface area contributed by atoms with E-state index in [2.05, 4.69) is 26.2 Å². The molecule has 8 heteroatoms. The van der Waals surface area contributed by atoms with Crippen LogP contribution in [0.4, 0.5) is 5.69 Å². The van der Waals surface area contributed by atoms with Crippen LogP contribution in [-0.2, 0) is 0 Å². The van der Waals surface area contributed by atoms with E-state index in [0.29, 0.717) is 22.9 Å². The number of nitrogens with one attached hydrogen (secondary N) is 1. The molecular weight excluding hydrogens is 402 g/mol. The topological polar surface area (TPSA) is 98.3 Å². The summed E-state index contributed by atoms with van der Waals surface area (Å²) < 4.78 is 16.8. The second kappa shape index (κ2) is 9.88. The summed E-state index contributed by atoms with van der Waals surface area (Å²) >= 11 is 3.38. The smallest absolute Gasteiger partial charge is 0.193 e. The number of methoxy groups -OCH3 is 2. The minimum absolute atomic E-state index is 0.107. The Bertz CT molecular complexity index is 755. The quantitative estimate of drug-likeness (QED) is 0.445. The third-order valence-corrected chi connectivity index (χ3v) is 4.05. The summed E-state index contributed by atoms with van der Waals surface area (Å²) in [6.07, 6.45) is -0.784. The molecule has 0 aliphatic rings. The maximum Gasteiger partial charge on any atom is 0.193 e. The van der Waals surface area contributed by atoms with Crippen molar-refractivity contribution in [3.63, 3.8) is 0 Å². The first-order valence-corrected chi connectivity index (χ1v) is 8.67. The highest BCUT2D eigenvalue weighted by molar-refractivity contribution is 9.10. The highest BCUT2D eigenvalue weighted by Crippen LogP contribution is 2.29. The van der Waals surface area contributed by atoms with E-state index in [1.807, 2.05) is 24.3 Å². The van der Waals surface area contributed by atoms with Gasteiger partial charge in [-0.3, -0.25) is 4.99 Å². The third kappa shape index (κ3) is 5.82. The first-order chi connectivity index (χ1) is 12.5. The van der Waals surface area contributed by atoms with Crippen LogP contribution in [0.5, 0.6) is 17.2 Å². The fourth-order valence-corrected chi connectivity index (χ4v) is 2.50. The molecule has 1 atom stereocenters. The summed E-state index contributed by atoms with van der Waals surface area (Å²) in [7, 11) is 3.12. The van der Waals surface area contributed by atoms with Crippen LogP contribution in [0.15, 0.2) is 51.9 Å². The van der Waals surface area contributed by atoms with Crippen LogP contribution < -0.4 is 25.3 Å². The molecule has 2 rings (SSSR count). The van der Waals surface area contributed by atoms with Gasteiger partial charge in [-0.2, -0.15) is 0 Å². The van der Waals surface area contributed by atoms with Gasteiger partial charge in [0, 0.05) is 11.8 Å². The molecule has 0 aliphatic carbocycles. The van der Waals surface area contributed by atoms with Gasteiger partial charge in [0.25, 0.3) is 0 Å². The lowest BCUT2D eigenvalue weighted by Crippen LogP contribution is -2.27. The Labute approximate surface area is 160 Å². The van der Waals surface area contributed by atoms with Gasteiger partial charge < -0.3 is 30.4 Å². The molecule has 4 N–H and O–H groups in total. The number of hydrogen-bond donors (Lipinski definition) is 3. The van der Waals surface area contributed by atoms with Crippen molar-refractivity contribution in [2.45, 2.75) is 6.10 Å². The van der Waals surface area contributed by atoms with Crippen LogP contribution in [0, 0.1) is 0 Å². The molecule has 0 saturated carbocycles. The van der Waals surface area contributed by atoms with Gasteiger partial charge in [-0.15, -0.1) is 0 Å². The number of hydrogen-bond acceptors (Lipinski definition) is 5. The molecule has 2 aromatic rings. The lowest BCUT2D eigenvalue weighted by molar-refractivity contribution is 0.114. The molecule has 0 amide bonds. The molecule has 0 bridgehead atoms. The number of ether oxygens (including phenoxy) is 3. The highest BCUT2D eigenvalue weighted by atomic mass is 79.9. The van der Waals surface area contributed by atoms with E-state index in [-0.39, 0.29) is 19.1 Å². The number of benzene rings is 2. The van der Waals surface area contributed by atoms with Crippen molar-refractivity contribution in [2.75, 3.05) is 32.7 Å². The fourth-order valence-electron chi connectivity index (χ4n) is 2.11. The third-order valence-electron chi connectivity index (χ3n) is 3.40. The summed E-state index contributed by atoms with van der Waals surface area (Å²) in [5.41, 5.74) is 6.55. The molecule has 0 fully saturated rings. The van der Waals surface area contributed by atoms with Crippen LogP contribution in [0.3, 0.4) is 0 Å². The minimum Gasteiger partial charge on any atom is -0.493 e. The predicted octanol–water partition coefficient (Wildman–Crippen LogP) is 2.63. The summed E-state index contributed by atoms with van der Waals surface area (Å²) in [6, 6.07) is 12.7. The molecule has 0 aliphatic heterocycles. The van der Waals surface area contributed by atoms with Gasteiger partial charge in [0.1, 0.15) is 18.5 Å². The molecular formula is C18H22BrN3O4. The largest absolute Gasteiger partial charge is 0.493 e. The number of halogens is 1. The molecule has 0 heterocycles. The van der Waals surface area contributed by atoms with Crippen molar-refractivity contribution in [1.29, 1.82) is 0 Å². The maximum absolute atomic E-state index is 10.00. The molecule has 2 aromatic carbocycles. The lowest BCUT2D eigenvalue weighted by Gasteiger charge is -2.13. The van der Waals surface area contributed by atoms with E-state index in [1.54, 1.807) is 32.4 Å². The molecule has 26 heavy (non-hydrogen) atoms. The van der Waals surface area contributed by atoms with Crippen molar-refractivity contribution in [3.8, 4) is 17.2 Å². The van der Waals surface area contributed by atoms with E-state index in [4.69, 9.17) is 19.9 Å². The second-order valence-corrected chi connectivity index (χ2v) is 6.17. The number of nitrogens with two attached hydrogens (primary N) is 1. The number of nitrogens with zero attached hydrogens (tertiary/aromatic N) is 1. The second-order valence-electron chi connectivity index (χ2n) is 5.32. The average molecular weight is 424 g/mol. The van der Waals surface area contributed by atoms with Crippen molar-refractivity contribution in [3.05, 3.63) is 46.9 Å². The van der Waals surface area contributed by atoms with Crippen LogP contribution in [-0.4, -0.2) is 44.5 Å². The van der Waals surface area contributed by atoms with Gasteiger partial charge >= 0.3 is 0 Å². The van der Waals surface area contributed by atoms with Crippen LogP contribution >= 0.6 is 15.9 Å². The van der Waals surface area contributed by atoms with Crippen molar-refractivity contribution >= 4 is 27.6 Å². The van der Waals surface area contributed by atoms with Gasteiger partial charge in [-0.1, -0.05) is 12.1 Å². The number of anilines is 1. The lowest BCUT2D eigenvalue weighted by atomic mass is 10.3. The summed E-state index contributed by atoms with van der Waals surface area (Å²) in [6.45, 7) is 0.215. The normalized spacial score (nSPS) is 12.4. The van der Waals surface area contributed by atoms with Crippen LogP contribution in [0.1, 0.15) is 0 Å². The van der Waals surface area contributed by atoms with E-state index in [0.717, 1.165) is 4.47 Å². The maximum atomic E-state index is 10.00.